The molecule has 0 amide bonds. The van der Waals surface area contributed by atoms with Crippen molar-refractivity contribution in [1.29, 1.82) is 5.26 Å². The Morgan fingerprint density at radius 1 is 0.729 bits per heavy atom. The molecule has 2 saturated heterocycles. The fourth-order valence-electron chi connectivity index (χ4n) is 8.17. The van der Waals surface area contributed by atoms with Crippen molar-refractivity contribution in [2.24, 2.45) is 0 Å². The van der Waals surface area contributed by atoms with Gasteiger partial charge < -0.3 is 46.8 Å². The van der Waals surface area contributed by atoms with E-state index in [4.69, 9.17) is 42.0 Å². The maximum absolute atomic E-state index is 13.3. The van der Waals surface area contributed by atoms with E-state index in [1.54, 1.807) is 21.1 Å². The molecule has 0 spiro atoms. The Hall–Kier alpha value is -6.56. The summed E-state index contributed by atoms with van der Waals surface area (Å²) in [6, 6.07) is 26.5. The number of aromatic nitrogens is 4. The van der Waals surface area contributed by atoms with Crippen molar-refractivity contribution in [3.05, 3.63) is 161 Å². The normalized spacial score (nSPS) is 20.4. The molecule has 0 radical (unpaired) electrons. The zero-order valence-electron chi connectivity index (χ0n) is 39.2. The van der Waals surface area contributed by atoms with Gasteiger partial charge in [0.15, 0.2) is 0 Å². The number of methoxy groups -OCH3 is 2. The van der Waals surface area contributed by atoms with Crippen molar-refractivity contribution in [3.63, 3.8) is 0 Å². The number of ether oxygens (including phenoxy) is 6. The molecule has 1 unspecified atom stereocenters. The largest absolute Gasteiger partial charge is 0.497 e. The molecule has 0 aliphatic carbocycles. The maximum Gasteiger partial charge on any atom is 0.333 e. The van der Waals surface area contributed by atoms with Gasteiger partial charge in [-0.1, -0.05) is 54.6 Å². The highest BCUT2D eigenvalue weighted by Crippen LogP contribution is 2.48. The minimum Gasteiger partial charge on any atom is -0.497 e. The van der Waals surface area contributed by atoms with Crippen LogP contribution >= 0.6 is 8.60 Å². The standard InChI is InChI=1S/C49H54N5O15P/c1-30-26-53(47(59)51-45(30)57)42-24-38(68-44(56)21-12-32(3)55)41(67-42)29-65-70(64-23-9-22-50)69-39-25-43(54-27-31(2)46(58)52-48(54)60)66-40(39)28-63-49(33-10-7-6-8-11-33,34-13-17-36(61-4)18-14-34)35-15-19-37(62-5)20-16-35/h6-8,10-11,13-20,26-27,38-43H,9,12,21,23-25,28-29H2,1-5H3,(H,51,57,59)(H,52,58,60)/t38-,39-,40+,41+,42+,43+,70?/m0/s1. The predicted molar refractivity (Wildman–Crippen MR) is 251 cm³/mol. The monoisotopic (exact) mass is 983 g/mol. The number of aryl methyl sites for hydroxylation is 2. The first-order valence-corrected chi connectivity index (χ1v) is 23.5. The molecule has 7 rings (SSSR count). The molecule has 70 heavy (non-hydrogen) atoms. The summed E-state index contributed by atoms with van der Waals surface area (Å²) in [4.78, 5) is 80.2. The van der Waals surface area contributed by atoms with Crippen LogP contribution in [0.1, 0.15) is 79.3 Å². The minimum atomic E-state index is -2.39. The molecule has 21 heteroatoms. The van der Waals surface area contributed by atoms with Crippen molar-refractivity contribution in [3.8, 4) is 17.6 Å². The van der Waals surface area contributed by atoms with Gasteiger partial charge in [0.1, 0.15) is 53.7 Å². The fourth-order valence-corrected chi connectivity index (χ4v) is 9.32. The summed E-state index contributed by atoms with van der Waals surface area (Å²) >= 11 is 0. The number of hydrogen-bond donors (Lipinski definition) is 2. The van der Waals surface area contributed by atoms with E-state index >= 15 is 0 Å². The number of ketones is 1. The second kappa shape index (κ2) is 23.4. The number of hydrogen-bond acceptors (Lipinski definition) is 16. The Morgan fingerprint density at radius 3 is 1.76 bits per heavy atom. The van der Waals surface area contributed by atoms with E-state index in [2.05, 4.69) is 9.97 Å². The molecule has 370 valence electrons. The molecule has 20 nitrogen and oxygen atoms in total. The molecule has 0 saturated carbocycles. The number of aromatic amines is 2. The summed E-state index contributed by atoms with van der Waals surface area (Å²) in [5, 5.41) is 9.46. The Bertz CT molecular complexity index is 2830. The van der Waals surface area contributed by atoms with Crippen molar-refractivity contribution in [1.82, 2.24) is 19.1 Å². The van der Waals surface area contributed by atoms with Gasteiger partial charge in [-0.15, -0.1) is 0 Å². The third-order valence-corrected chi connectivity index (χ3v) is 13.0. The van der Waals surface area contributed by atoms with Crippen LogP contribution in [-0.2, 0) is 47.7 Å². The van der Waals surface area contributed by atoms with E-state index < -0.39 is 79.5 Å². The van der Waals surface area contributed by atoms with Crippen molar-refractivity contribution in [2.45, 2.75) is 95.3 Å². The van der Waals surface area contributed by atoms with Gasteiger partial charge in [-0.2, -0.15) is 5.26 Å². The topological polar surface area (TPSA) is 251 Å². The van der Waals surface area contributed by atoms with E-state index in [9.17, 15) is 34.0 Å². The number of nitrogens with one attached hydrogen (secondary N) is 2. The van der Waals surface area contributed by atoms with Crippen molar-refractivity contribution >= 4 is 20.4 Å². The molecule has 2 fully saturated rings. The number of nitrogens with zero attached hydrogens (tertiary/aromatic N) is 3. The lowest BCUT2D eigenvalue weighted by Crippen LogP contribution is -2.38. The average molecular weight is 984 g/mol. The number of carbonyl (C=O) groups excluding carboxylic acids is 2. The van der Waals surface area contributed by atoms with E-state index in [-0.39, 0.29) is 68.8 Å². The summed E-state index contributed by atoms with van der Waals surface area (Å²) < 4.78 is 58.4. The lowest BCUT2D eigenvalue weighted by molar-refractivity contribution is -0.153. The van der Waals surface area contributed by atoms with E-state index in [1.165, 1.54) is 35.4 Å². The minimum absolute atomic E-state index is 0.0181. The summed E-state index contributed by atoms with van der Waals surface area (Å²) in [5.41, 5.74) is -1.13. The molecular weight excluding hydrogens is 930 g/mol. The quantitative estimate of drug-likeness (QED) is 0.0394. The first-order valence-electron chi connectivity index (χ1n) is 22.4. The van der Waals surface area contributed by atoms with Crippen LogP contribution in [0, 0.1) is 25.2 Å². The second-order valence-electron chi connectivity index (χ2n) is 16.6. The third-order valence-electron chi connectivity index (χ3n) is 11.9. The molecule has 7 atom stereocenters. The summed E-state index contributed by atoms with van der Waals surface area (Å²) in [6.45, 7) is 3.84. The Morgan fingerprint density at radius 2 is 1.24 bits per heavy atom. The number of benzene rings is 3. The summed E-state index contributed by atoms with van der Waals surface area (Å²) in [7, 11) is 0.757. The van der Waals surface area contributed by atoms with E-state index in [1.807, 2.05) is 84.9 Å². The number of H-pyrrole nitrogens is 2. The smallest absolute Gasteiger partial charge is 0.333 e. The molecule has 2 N–H and O–H groups in total. The second-order valence-corrected chi connectivity index (χ2v) is 17.8. The van der Waals surface area contributed by atoms with Crippen LogP contribution in [-0.4, -0.2) is 89.3 Å². The molecule has 3 aromatic carbocycles. The highest BCUT2D eigenvalue weighted by atomic mass is 31.2. The lowest BCUT2D eigenvalue weighted by Gasteiger charge is -2.37. The Balaban J connectivity index is 1.22. The molecule has 5 aromatic rings. The predicted octanol–water partition coefficient (Wildman–Crippen LogP) is 5.14. The van der Waals surface area contributed by atoms with Gasteiger partial charge in [0.05, 0.1) is 59.1 Å². The number of carbonyl (C=O) groups is 2. The van der Waals surface area contributed by atoms with Gasteiger partial charge in [0.25, 0.3) is 11.1 Å². The Labute approximate surface area is 402 Å². The number of nitriles is 1. The summed E-state index contributed by atoms with van der Waals surface area (Å²) in [6.07, 6.45) is -3.40. The zero-order chi connectivity index (χ0) is 50.0. The Kier molecular flexibility index (Phi) is 17.1. The lowest BCUT2D eigenvalue weighted by atomic mass is 9.80. The van der Waals surface area contributed by atoms with Gasteiger partial charge in [0, 0.05) is 42.8 Å². The number of rotatable bonds is 22. The molecule has 2 aliphatic rings. The van der Waals surface area contributed by atoms with E-state index in [0.29, 0.717) is 11.5 Å². The van der Waals surface area contributed by atoms with Gasteiger partial charge in [-0.25, -0.2) is 9.59 Å². The average Bonchev–Trinajstić information content (AvgIpc) is 3.96. The van der Waals surface area contributed by atoms with Crippen LogP contribution in [0.25, 0.3) is 0 Å². The highest BCUT2D eigenvalue weighted by molar-refractivity contribution is 7.41. The van der Waals surface area contributed by atoms with E-state index in [0.717, 1.165) is 16.7 Å². The van der Waals surface area contributed by atoms with Crippen LogP contribution in [0.4, 0.5) is 0 Å². The maximum atomic E-state index is 13.3. The molecule has 2 aliphatic heterocycles. The van der Waals surface area contributed by atoms with Gasteiger partial charge in [-0.05, 0) is 61.7 Å². The summed E-state index contributed by atoms with van der Waals surface area (Å²) in [5.74, 6) is 0.362. The SMILES string of the molecule is COc1ccc(C(OC[C@H]2O[C@@H](n3cc(C)c(=O)[nH]c3=O)C[C@@H]2OP(OCCC#N)OC[C@H]2O[C@@H](n3cc(C)c(=O)[nH]c3=O)C[C@@H]2OC(=O)CCC(C)=O)(c2ccccc2)c2ccc(OC)cc2)cc1. The number of esters is 1. The van der Waals surface area contributed by atoms with Crippen LogP contribution in [0.15, 0.2) is 110 Å². The third kappa shape index (κ3) is 12.1. The van der Waals surface area contributed by atoms with Crippen LogP contribution in [0.3, 0.4) is 0 Å². The van der Waals surface area contributed by atoms with Gasteiger partial charge >= 0.3 is 26.0 Å². The first-order chi connectivity index (χ1) is 33.7. The van der Waals surface area contributed by atoms with Crippen LogP contribution in [0.2, 0.25) is 0 Å². The molecule has 0 bridgehead atoms. The zero-order valence-corrected chi connectivity index (χ0v) is 40.1. The van der Waals surface area contributed by atoms with Gasteiger partial charge in [-0.3, -0.25) is 33.5 Å². The highest BCUT2D eigenvalue weighted by Gasteiger charge is 2.45. The molecule has 2 aromatic heterocycles. The van der Waals surface area contributed by atoms with Crippen LogP contribution < -0.4 is 32.0 Å². The fraction of sp³-hybridized carbons (Fsp3) is 0.408. The molecular formula is C49H54N5O15P. The van der Waals surface area contributed by atoms with Crippen LogP contribution in [0.5, 0.6) is 11.5 Å². The molecule has 4 heterocycles. The van der Waals surface area contributed by atoms with Crippen molar-refractivity contribution in [2.75, 3.05) is 34.0 Å². The van der Waals surface area contributed by atoms with Gasteiger partial charge in [0.2, 0.25) is 0 Å². The van der Waals surface area contributed by atoms with Crippen molar-refractivity contribution < 1.29 is 51.6 Å². The number of Topliss-reactive ketones (excluding diaryl/α,β-unsaturated/α-hetero) is 1. The first kappa shape index (κ1) is 51.3.